The van der Waals surface area contributed by atoms with Crippen LogP contribution in [0.5, 0.6) is 5.75 Å². The van der Waals surface area contributed by atoms with Gasteiger partial charge in [0.25, 0.3) is 5.91 Å². The Kier molecular flexibility index (Phi) is 5.05. The number of carbonyl (C=O) groups excluding carboxylic acids is 1. The molecule has 0 radical (unpaired) electrons. The monoisotopic (exact) mass is 342 g/mol. The van der Waals surface area contributed by atoms with Crippen LogP contribution in [0, 0.1) is 0 Å². The first kappa shape index (κ1) is 16.4. The number of thioether (sulfide) groups is 1. The molecule has 3 rings (SSSR count). The van der Waals surface area contributed by atoms with Gasteiger partial charge in [0.05, 0.1) is 18.5 Å². The average Bonchev–Trinajstić information content (AvgIpc) is 3.12. The van der Waals surface area contributed by atoms with Crippen LogP contribution in [0.2, 0.25) is 0 Å². The number of nitrogens with one attached hydrogen (secondary N) is 1. The van der Waals surface area contributed by atoms with Gasteiger partial charge in [0, 0.05) is 16.9 Å². The fourth-order valence-electron chi connectivity index (χ4n) is 2.52. The van der Waals surface area contributed by atoms with E-state index < -0.39 is 6.10 Å². The highest BCUT2D eigenvalue weighted by Crippen LogP contribution is 2.27. The van der Waals surface area contributed by atoms with Crippen molar-refractivity contribution < 1.29 is 14.4 Å². The first-order valence-electron chi connectivity index (χ1n) is 7.53. The Labute approximate surface area is 145 Å². The number of hydrogen-bond acceptors (Lipinski definition) is 5. The van der Waals surface area contributed by atoms with E-state index in [2.05, 4.69) is 10.5 Å². The number of oxime groups is 1. The van der Waals surface area contributed by atoms with Crippen molar-refractivity contribution in [3.63, 3.8) is 0 Å². The van der Waals surface area contributed by atoms with Crippen LogP contribution in [0.15, 0.2) is 58.6 Å². The summed E-state index contributed by atoms with van der Waals surface area (Å²) in [6, 6.07) is 15.2. The number of hydrogen-bond donors (Lipinski definition) is 1. The van der Waals surface area contributed by atoms with Gasteiger partial charge in [-0.05, 0) is 30.5 Å². The molecule has 124 valence electrons. The molecule has 0 fully saturated rings. The molecule has 0 saturated heterocycles. The number of nitrogens with zero attached hydrogens (tertiary/aromatic N) is 1. The number of anilines is 1. The predicted molar refractivity (Wildman–Crippen MR) is 95.9 cm³/mol. The number of benzene rings is 2. The second kappa shape index (κ2) is 7.40. The number of methoxy groups -OCH3 is 1. The molecule has 0 bridgehead atoms. The van der Waals surface area contributed by atoms with Crippen molar-refractivity contribution in [1.82, 2.24) is 0 Å². The van der Waals surface area contributed by atoms with E-state index in [1.165, 1.54) is 0 Å². The van der Waals surface area contributed by atoms with E-state index in [1.54, 1.807) is 18.9 Å². The number of ether oxygens (including phenoxy) is 1. The highest BCUT2D eigenvalue weighted by atomic mass is 32.2. The van der Waals surface area contributed by atoms with Crippen LogP contribution in [-0.4, -0.2) is 31.1 Å². The first-order valence-corrected chi connectivity index (χ1v) is 8.75. The maximum Gasteiger partial charge on any atom is 0.268 e. The van der Waals surface area contributed by atoms with Crippen LogP contribution in [0.3, 0.4) is 0 Å². The Morgan fingerprint density at radius 1 is 1.25 bits per heavy atom. The van der Waals surface area contributed by atoms with Crippen molar-refractivity contribution in [3.05, 3.63) is 54.1 Å². The lowest BCUT2D eigenvalue weighted by atomic mass is 10.0. The molecule has 6 heteroatoms. The highest BCUT2D eigenvalue weighted by molar-refractivity contribution is 7.98. The maximum absolute atomic E-state index is 12.5. The smallest absolute Gasteiger partial charge is 0.268 e. The molecule has 0 aromatic heterocycles. The van der Waals surface area contributed by atoms with Gasteiger partial charge in [-0.1, -0.05) is 29.4 Å². The SMILES string of the molecule is COc1ccccc1C1=NO[C@@H](C(=O)Nc2ccccc2SC)C1. The normalized spacial score (nSPS) is 16.2. The first-order chi connectivity index (χ1) is 11.7. The Bertz CT molecular complexity index is 776. The maximum atomic E-state index is 12.5. The van der Waals surface area contributed by atoms with E-state index in [1.807, 2.05) is 54.8 Å². The third-order valence-corrected chi connectivity index (χ3v) is 4.54. The molecule has 0 aliphatic carbocycles. The van der Waals surface area contributed by atoms with E-state index >= 15 is 0 Å². The van der Waals surface area contributed by atoms with E-state index in [0.29, 0.717) is 17.9 Å². The van der Waals surface area contributed by atoms with Gasteiger partial charge in [-0.15, -0.1) is 11.8 Å². The van der Waals surface area contributed by atoms with Crippen molar-refractivity contribution >= 4 is 29.1 Å². The molecule has 0 spiro atoms. The predicted octanol–water partition coefficient (Wildman–Crippen LogP) is 3.55. The number of carbonyl (C=O) groups is 1. The molecule has 0 saturated carbocycles. The zero-order valence-corrected chi connectivity index (χ0v) is 14.3. The lowest BCUT2D eigenvalue weighted by Crippen LogP contribution is -2.28. The Morgan fingerprint density at radius 3 is 2.79 bits per heavy atom. The van der Waals surface area contributed by atoms with Gasteiger partial charge in [0.15, 0.2) is 0 Å². The summed E-state index contributed by atoms with van der Waals surface area (Å²) in [6.07, 6.45) is 1.74. The molecule has 1 atom stereocenters. The van der Waals surface area contributed by atoms with Crippen molar-refractivity contribution in [1.29, 1.82) is 0 Å². The van der Waals surface area contributed by atoms with Crippen molar-refractivity contribution in [2.24, 2.45) is 5.16 Å². The standard InChI is InChI=1S/C18H18N2O3S/c1-22-15-9-5-3-7-12(15)14-11-16(23-20-14)18(21)19-13-8-4-6-10-17(13)24-2/h3-10,16H,11H2,1-2H3,(H,19,21)/t16-/m1/s1. The zero-order valence-electron chi connectivity index (χ0n) is 13.5. The number of amides is 1. The molecule has 1 aliphatic rings. The Morgan fingerprint density at radius 2 is 2.00 bits per heavy atom. The third kappa shape index (κ3) is 3.38. The van der Waals surface area contributed by atoms with E-state index in [0.717, 1.165) is 16.1 Å². The van der Waals surface area contributed by atoms with Crippen molar-refractivity contribution in [2.45, 2.75) is 17.4 Å². The summed E-state index contributed by atoms with van der Waals surface area (Å²) in [4.78, 5) is 18.8. The molecule has 24 heavy (non-hydrogen) atoms. The molecule has 2 aromatic rings. The second-order valence-electron chi connectivity index (χ2n) is 5.23. The molecular weight excluding hydrogens is 324 g/mol. The van der Waals surface area contributed by atoms with Gasteiger partial charge in [-0.2, -0.15) is 0 Å². The zero-order chi connectivity index (χ0) is 16.9. The minimum absolute atomic E-state index is 0.204. The van der Waals surface area contributed by atoms with Gasteiger partial charge < -0.3 is 14.9 Å². The lowest BCUT2D eigenvalue weighted by molar-refractivity contribution is -0.125. The van der Waals surface area contributed by atoms with E-state index in [-0.39, 0.29) is 5.91 Å². The molecule has 1 amide bonds. The summed E-state index contributed by atoms with van der Waals surface area (Å²) in [5, 5.41) is 6.99. The summed E-state index contributed by atoms with van der Waals surface area (Å²) < 4.78 is 5.34. The fourth-order valence-corrected chi connectivity index (χ4v) is 3.07. The summed E-state index contributed by atoms with van der Waals surface area (Å²) in [6.45, 7) is 0. The minimum Gasteiger partial charge on any atom is -0.496 e. The van der Waals surface area contributed by atoms with E-state index in [9.17, 15) is 4.79 Å². The van der Waals surface area contributed by atoms with Crippen LogP contribution in [0.4, 0.5) is 5.69 Å². The van der Waals surface area contributed by atoms with Gasteiger partial charge in [-0.25, -0.2) is 0 Å². The molecule has 2 aromatic carbocycles. The Hall–Kier alpha value is -2.47. The van der Waals surface area contributed by atoms with Crippen LogP contribution in [0.25, 0.3) is 0 Å². The minimum atomic E-state index is -0.639. The van der Waals surface area contributed by atoms with Gasteiger partial charge in [-0.3, -0.25) is 4.79 Å². The van der Waals surface area contributed by atoms with Gasteiger partial charge in [0.2, 0.25) is 6.10 Å². The van der Waals surface area contributed by atoms with Crippen LogP contribution in [-0.2, 0) is 9.63 Å². The highest BCUT2D eigenvalue weighted by Gasteiger charge is 2.30. The second-order valence-corrected chi connectivity index (χ2v) is 6.07. The summed E-state index contributed by atoms with van der Waals surface area (Å²) in [5.74, 6) is 0.513. The molecule has 1 N–H and O–H groups in total. The van der Waals surface area contributed by atoms with Crippen molar-refractivity contribution in [2.75, 3.05) is 18.7 Å². The quantitative estimate of drug-likeness (QED) is 0.844. The fraction of sp³-hybridized carbons (Fsp3) is 0.222. The molecule has 1 aliphatic heterocycles. The van der Waals surface area contributed by atoms with Gasteiger partial charge in [0.1, 0.15) is 5.75 Å². The third-order valence-electron chi connectivity index (χ3n) is 3.74. The van der Waals surface area contributed by atoms with Crippen LogP contribution in [0.1, 0.15) is 12.0 Å². The van der Waals surface area contributed by atoms with Gasteiger partial charge >= 0.3 is 0 Å². The summed E-state index contributed by atoms with van der Waals surface area (Å²) in [5.41, 5.74) is 2.34. The topological polar surface area (TPSA) is 59.9 Å². The average molecular weight is 342 g/mol. The molecule has 0 unspecified atom stereocenters. The molecule has 1 heterocycles. The van der Waals surface area contributed by atoms with E-state index in [4.69, 9.17) is 9.57 Å². The van der Waals surface area contributed by atoms with Crippen LogP contribution < -0.4 is 10.1 Å². The number of rotatable bonds is 5. The van der Waals surface area contributed by atoms with Crippen LogP contribution >= 0.6 is 11.8 Å². The molecular formula is C18H18N2O3S. The largest absolute Gasteiger partial charge is 0.496 e. The summed E-state index contributed by atoms with van der Waals surface area (Å²) >= 11 is 1.58. The Balaban J connectivity index is 1.69. The summed E-state index contributed by atoms with van der Waals surface area (Å²) in [7, 11) is 1.61. The lowest BCUT2D eigenvalue weighted by Gasteiger charge is -2.12. The van der Waals surface area contributed by atoms with Crippen molar-refractivity contribution in [3.8, 4) is 5.75 Å². The molecule has 5 nitrogen and oxygen atoms in total. The number of para-hydroxylation sites is 2.